The zero-order valence-electron chi connectivity index (χ0n) is 14.4. The van der Waals surface area contributed by atoms with E-state index in [2.05, 4.69) is 40.3 Å². The lowest BCUT2D eigenvalue weighted by Gasteiger charge is -2.08. The van der Waals surface area contributed by atoms with Crippen LogP contribution in [0.25, 0.3) is 22.5 Å². The third kappa shape index (κ3) is 3.22. The minimum atomic E-state index is 0.532. The quantitative estimate of drug-likeness (QED) is 0.342. The number of thioether (sulfide) groups is 1. The Morgan fingerprint density at radius 1 is 1.19 bits per heavy atom. The van der Waals surface area contributed by atoms with Gasteiger partial charge in [0.15, 0.2) is 16.7 Å². The number of furan rings is 1. The molecule has 0 spiro atoms. The molecule has 1 aromatic carbocycles. The van der Waals surface area contributed by atoms with Gasteiger partial charge in [-0.25, -0.2) is 4.98 Å². The molecule has 132 valence electrons. The minimum Gasteiger partial charge on any atom is -0.461 e. The number of hydrogen-bond donors (Lipinski definition) is 0. The van der Waals surface area contributed by atoms with Crippen molar-refractivity contribution in [2.24, 2.45) is 0 Å². The number of fused-ring (bicyclic) bond motifs is 1. The number of nitrogens with zero attached hydrogens (tertiary/aromatic N) is 4. The van der Waals surface area contributed by atoms with Crippen LogP contribution >= 0.6 is 23.4 Å². The summed E-state index contributed by atoms with van der Waals surface area (Å²) in [5.74, 6) is 2.12. The van der Waals surface area contributed by atoms with Gasteiger partial charge in [0, 0.05) is 23.2 Å². The first kappa shape index (κ1) is 17.1. The molecule has 0 aliphatic rings. The number of pyridine rings is 1. The van der Waals surface area contributed by atoms with Crippen molar-refractivity contribution >= 4 is 34.3 Å². The first-order valence-corrected chi connectivity index (χ1v) is 9.67. The summed E-state index contributed by atoms with van der Waals surface area (Å²) < 4.78 is 7.49. The maximum Gasteiger partial charge on any atom is 0.200 e. The molecule has 0 aliphatic heterocycles. The second-order valence-electron chi connectivity index (χ2n) is 5.95. The molecule has 4 rings (SSSR count). The molecule has 0 unspecified atom stereocenters. The molecule has 0 fully saturated rings. The van der Waals surface area contributed by atoms with Crippen LogP contribution in [-0.2, 0) is 12.3 Å². The van der Waals surface area contributed by atoms with Gasteiger partial charge in [-0.3, -0.25) is 4.57 Å². The summed E-state index contributed by atoms with van der Waals surface area (Å²) in [6.07, 6.45) is 1.64. The summed E-state index contributed by atoms with van der Waals surface area (Å²) in [5.41, 5.74) is 3.07. The highest BCUT2D eigenvalue weighted by atomic mass is 35.5. The third-order valence-corrected chi connectivity index (χ3v) is 5.47. The molecular formula is C19H17ClN4OS. The van der Waals surface area contributed by atoms with E-state index in [0.717, 1.165) is 34.0 Å². The highest BCUT2D eigenvalue weighted by Gasteiger charge is 2.16. The van der Waals surface area contributed by atoms with Crippen molar-refractivity contribution in [3.63, 3.8) is 0 Å². The Morgan fingerprint density at radius 2 is 2.08 bits per heavy atom. The summed E-state index contributed by atoms with van der Waals surface area (Å²) in [5, 5.41) is 11.0. The van der Waals surface area contributed by atoms with Gasteiger partial charge in [0.25, 0.3) is 0 Å². The van der Waals surface area contributed by atoms with Gasteiger partial charge in [-0.15, -0.1) is 10.2 Å². The van der Waals surface area contributed by atoms with Crippen molar-refractivity contribution in [1.29, 1.82) is 0 Å². The first-order valence-electron chi connectivity index (χ1n) is 8.31. The second-order valence-corrected chi connectivity index (χ2v) is 7.25. The van der Waals surface area contributed by atoms with Crippen LogP contribution in [-0.4, -0.2) is 19.7 Å². The molecule has 0 radical (unpaired) electrons. The predicted octanol–water partition coefficient (Wildman–Crippen LogP) is 5.36. The van der Waals surface area contributed by atoms with Gasteiger partial charge in [0.1, 0.15) is 5.15 Å². The van der Waals surface area contributed by atoms with Crippen LogP contribution in [0.5, 0.6) is 0 Å². The van der Waals surface area contributed by atoms with Crippen molar-refractivity contribution in [2.75, 3.05) is 0 Å². The van der Waals surface area contributed by atoms with E-state index < -0.39 is 0 Å². The van der Waals surface area contributed by atoms with Gasteiger partial charge in [-0.1, -0.05) is 35.5 Å². The SMILES string of the molecule is CCn1c(SCc2cc3ccc(C)cc3nc2Cl)nnc1-c1ccco1. The Morgan fingerprint density at radius 3 is 2.85 bits per heavy atom. The molecule has 0 saturated heterocycles. The molecule has 0 bridgehead atoms. The van der Waals surface area contributed by atoms with E-state index in [0.29, 0.717) is 16.7 Å². The molecule has 3 heterocycles. The molecule has 0 aliphatic carbocycles. The fourth-order valence-corrected chi connectivity index (χ4v) is 4.08. The Labute approximate surface area is 160 Å². The minimum absolute atomic E-state index is 0.532. The molecule has 0 amide bonds. The van der Waals surface area contributed by atoms with Gasteiger partial charge in [-0.05, 0) is 43.7 Å². The summed E-state index contributed by atoms with van der Waals surface area (Å²) >= 11 is 7.99. The highest BCUT2D eigenvalue weighted by molar-refractivity contribution is 7.98. The summed E-state index contributed by atoms with van der Waals surface area (Å²) in [7, 11) is 0. The van der Waals surface area contributed by atoms with E-state index in [-0.39, 0.29) is 0 Å². The smallest absolute Gasteiger partial charge is 0.200 e. The van der Waals surface area contributed by atoms with Gasteiger partial charge in [0.05, 0.1) is 11.8 Å². The van der Waals surface area contributed by atoms with Gasteiger partial charge in [0.2, 0.25) is 0 Å². The summed E-state index contributed by atoms with van der Waals surface area (Å²) in [6, 6.07) is 12.0. The largest absolute Gasteiger partial charge is 0.461 e. The Kier molecular flexibility index (Phi) is 4.70. The van der Waals surface area contributed by atoms with E-state index in [1.807, 2.05) is 29.7 Å². The van der Waals surface area contributed by atoms with E-state index in [1.165, 1.54) is 5.56 Å². The van der Waals surface area contributed by atoms with Crippen LogP contribution in [0.4, 0.5) is 0 Å². The zero-order valence-corrected chi connectivity index (χ0v) is 16.0. The molecule has 0 saturated carbocycles. The normalized spacial score (nSPS) is 11.3. The maximum atomic E-state index is 6.40. The molecule has 5 nitrogen and oxygen atoms in total. The summed E-state index contributed by atoms with van der Waals surface area (Å²) in [4.78, 5) is 4.53. The highest BCUT2D eigenvalue weighted by Crippen LogP contribution is 2.30. The number of halogens is 1. The Bertz CT molecular complexity index is 1060. The molecule has 3 aromatic heterocycles. The zero-order chi connectivity index (χ0) is 18.1. The van der Waals surface area contributed by atoms with Crippen molar-refractivity contribution in [3.8, 4) is 11.6 Å². The average molecular weight is 385 g/mol. The average Bonchev–Trinajstić information content (AvgIpc) is 3.29. The lowest BCUT2D eigenvalue weighted by molar-refractivity contribution is 0.567. The van der Waals surface area contributed by atoms with Crippen LogP contribution < -0.4 is 0 Å². The number of rotatable bonds is 5. The summed E-state index contributed by atoms with van der Waals surface area (Å²) in [6.45, 7) is 4.87. The fourth-order valence-electron chi connectivity index (χ4n) is 2.81. The lowest BCUT2D eigenvalue weighted by Crippen LogP contribution is -1.99. The van der Waals surface area contributed by atoms with E-state index >= 15 is 0 Å². The van der Waals surface area contributed by atoms with E-state index in [4.69, 9.17) is 16.0 Å². The fraction of sp³-hybridized carbons (Fsp3) is 0.211. The van der Waals surface area contributed by atoms with Gasteiger partial charge in [-0.2, -0.15) is 0 Å². The van der Waals surface area contributed by atoms with Crippen LogP contribution in [0.3, 0.4) is 0 Å². The molecule has 0 N–H and O–H groups in total. The number of aromatic nitrogens is 4. The van der Waals surface area contributed by atoms with Gasteiger partial charge < -0.3 is 4.42 Å². The van der Waals surface area contributed by atoms with Crippen LogP contribution in [0.2, 0.25) is 5.15 Å². The van der Waals surface area contributed by atoms with Crippen molar-refractivity contribution in [3.05, 3.63) is 58.9 Å². The monoisotopic (exact) mass is 384 g/mol. The van der Waals surface area contributed by atoms with Gasteiger partial charge >= 0.3 is 0 Å². The first-order chi connectivity index (χ1) is 12.7. The van der Waals surface area contributed by atoms with Crippen LogP contribution in [0.1, 0.15) is 18.1 Å². The Balaban J connectivity index is 1.60. The maximum absolute atomic E-state index is 6.40. The molecule has 4 aromatic rings. The second kappa shape index (κ2) is 7.13. The van der Waals surface area contributed by atoms with Crippen LogP contribution in [0.15, 0.2) is 52.2 Å². The number of hydrogen-bond acceptors (Lipinski definition) is 5. The molecule has 7 heteroatoms. The molecular weight excluding hydrogens is 368 g/mol. The third-order valence-electron chi connectivity index (χ3n) is 4.13. The van der Waals surface area contributed by atoms with E-state index in [1.54, 1.807) is 18.0 Å². The number of benzene rings is 1. The van der Waals surface area contributed by atoms with Crippen molar-refractivity contribution in [1.82, 2.24) is 19.7 Å². The van der Waals surface area contributed by atoms with Crippen molar-refractivity contribution < 1.29 is 4.42 Å². The lowest BCUT2D eigenvalue weighted by atomic mass is 10.1. The topological polar surface area (TPSA) is 56.7 Å². The molecule has 0 atom stereocenters. The van der Waals surface area contributed by atoms with Crippen LogP contribution in [0, 0.1) is 6.92 Å². The van der Waals surface area contributed by atoms with Crippen molar-refractivity contribution in [2.45, 2.75) is 31.3 Å². The predicted molar refractivity (Wildman–Crippen MR) is 104 cm³/mol. The Hall–Kier alpha value is -2.31. The molecule has 26 heavy (non-hydrogen) atoms. The standard InChI is InChI=1S/C19H17ClN4OS/c1-3-24-18(16-5-4-8-25-16)22-23-19(24)26-11-14-10-13-7-6-12(2)9-15(13)21-17(14)20/h4-10H,3,11H2,1-2H3. The van der Waals surface area contributed by atoms with E-state index in [9.17, 15) is 0 Å². The number of aryl methyl sites for hydroxylation is 1.